The average molecular weight is 391 g/mol. The fourth-order valence-electron chi connectivity index (χ4n) is 3.03. The highest BCUT2D eigenvalue weighted by Gasteiger charge is 2.26. The van der Waals surface area contributed by atoms with E-state index in [4.69, 9.17) is 11.6 Å². The zero-order valence-electron chi connectivity index (χ0n) is 13.9. The first-order valence-electron chi connectivity index (χ1n) is 8.13. The van der Waals surface area contributed by atoms with Crippen LogP contribution in [0.2, 0.25) is 5.02 Å². The molecule has 0 aliphatic carbocycles. The molecule has 3 aromatic rings. The molecular formula is C18H13ClF2N4O2. The molecule has 9 heteroatoms. The highest BCUT2D eigenvalue weighted by Crippen LogP contribution is 2.26. The molecule has 1 aliphatic heterocycles. The predicted octanol–water partition coefficient (Wildman–Crippen LogP) is 2.54. The Hall–Kier alpha value is -3.00. The Morgan fingerprint density at radius 1 is 1.00 bits per heavy atom. The second-order valence-corrected chi connectivity index (χ2v) is 6.46. The van der Waals surface area contributed by atoms with Crippen molar-refractivity contribution in [3.63, 3.8) is 0 Å². The Kier molecular flexibility index (Phi) is 4.27. The highest BCUT2D eigenvalue weighted by molar-refractivity contribution is 6.31. The molecule has 27 heavy (non-hydrogen) atoms. The zero-order valence-corrected chi connectivity index (χ0v) is 14.7. The van der Waals surface area contributed by atoms with Gasteiger partial charge < -0.3 is 4.90 Å². The van der Waals surface area contributed by atoms with Crippen LogP contribution in [0, 0.1) is 11.6 Å². The van der Waals surface area contributed by atoms with Crippen LogP contribution in [0.25, 0.3) is 0 Å². The Morgan fingerprint density at radius 3 is 2.44 bits per heavy atom. The van der Waals surface area contributed by atoms with Crippen LogP contribution in [-0.4, -0.2) is 20.9 Å². The van der Waals surface area contributed by atoms with Crippen molar-refractivity contribution in [3.05, 3.63) is 85.4 Å². The van der Waals surface area contributed by atoms with Gasteiger partial charge in [0.1, 0.15) is 11.6 Å². The third-order valence-corrected chi connectivity index (χ3v) is 4.76. The summed E-state index contributed by atoms with van der Waals surface area (Å²) in [5, 5.41) is 4.38. The lowest BCUT2D eigenvalue weighted by Crippen LogP contribution is -2.42. The molecular weight excluding hydrogens is 378 g/mol. The summed E-state index contributed by atoms with van der Waals surface area (Å²) >= 11 is 6.02. The van der Waals surface area contributed by atoms with Crippen molar-refractivity contribution in [1.82, 2.24) is 14.3 Å². The van der Waals surface area contributed by atoms with E-state index in [2.05, 4.69) is 5.10 Å². The molecule has 6 nitrogen and oxygen atoms in total. The van der Waals surface area contributed by atoms with Gasteiger partial charge in [0.15, 0.2) is 0 Å². The van der Waals surface area contributed by atoms with Crippen LogP contribution < -0.4 is 16.0 Å². The van der Waals surface area contributed by atoms with Crippen LogP contribution in [0.15, 0.2) is 52.1 Å². The minimum atomic E-state index is -0.862. The number of halogens is 3. The van der Waals surface area contributed by atoms with Crippen LogP contribution in [0.4, 0.5) is 20.4 Å². The molecule has 0 atom stereocenters. The summed E-state index contributed by atoms with van der Waals surface area (Å²) in [6.07, 6.45) is 0. The van der Waals surface area contributed by atoms with E-state index in [1.54, 1.807) is 17.0 Å². The normalized spacial score (nSPS) is 13.1. The number of nitrogens with zero attached hydrogens (tertiary/aromatic N) is 4. The van der Waals surface area contributed by atoms with Crippen LogP contribution in [-0.2, 0) is 13.1 Å². The number of hydrogen-bond acceptors (Lipinski definition) is 4. The molecule has 4 rings (SSSR count). The lowest BCUT2D eigenvalue weighted by molar-refractivity contribution is 0.555. The second kappa shape index (κ2) is 6.62. The summed E-state index contributed by atoms with van der Waals surface area (Å²) in [6, 6.07) is 9.87. The third-order valence-electron chi connectivity index (χ3n) is 4.41. The van der Waals surface area contributed by atoms with Gasteiger partial charge in [0, 0.05) is 29.4 Å². The van der Waals surface area contributed by atoms with E-state index < -0.39 is 16.9 Å². The van der Waals surface area contributed by atoms with E-state index in [0.29, 0.717) is 12.2 Å². The first-order chi connectivity index (χ1) is 13.0. The van der Waals surface area contributed by atoms with E-state index in [1.165, 1.54) is 34.9 Å². The lowest BCUT2D eigenvalue weighted by atomic mass is 10.2. The molecule has 1 aromatic heterocycles. The van der Waals surface area contributed by atoms with Gasteiger partial charge in [-0.1, -0.05) is 17.7 Å². The number of aromatic nitrogens is 3. The van der Waals surface area contributed by atoms with Crippen molar-refractivity contribution in [2.24, 2.45) is 0 Å². The largest absolute Gasteiger partial charge is 0.333 e. The molecule has 0 bridgehead atoms. The molecule has 0 unspecified atom stereocenters. The molecule has 0 spiro atoms. The van der Waals surface area contributed by atoms with Crippen LogP contribution in [0.5, 0.6) is 0 Å². The SMILES string of the molecule is O=c1c(=O)n2c(nn1Cc1c(F)cccc1Cl)N(c1ccc(F)cc1)CC2. The molecule has 2 heterocycles. The molecule has 0 saturated carbocycles. The molecule has 0 fully saturated rings. The van der Waals surface area contributed by atoms with Gasteiger partial charge in [-0.05, 0) is 36.4 Å². The van der Waals surface area contributed by atoms with Crippen molar-refractivity contribution in [3.8, 4) is 0 Å². The van der Waals surface area contributed by atoms with E-state index in [1.807, 2.05) is 0 Å². The summed E-state index contributed by atoms with van der Waals surface area (Å²) in [5.41, 5.74) is -0.913. The molecule has 138 valence electrons. The fourth-order valence-corrected chi connectivity index (χ4v) is 3.25. The molecule has 0 saturated heterocycles. The van der Waals surface area contributed by atoms with Crippen molar-refractivity contribution in [2.45, 2.75) is 13.1 Å². The molecule has 2 aromatic carbocycles. The first kappa shape index (κ1) is 17.4. The Balaban J connectivity index is 1.81. The van der Waals surface area contributed by atoms with Gasteiger partial charge in [-0.25, -0.2) is 13.5 Å². The third kappa shape index (κ3) is 3.02. The average Bonchev–Trinajstić information content (AvgIpc) is 3.07. The molecule has 0 radical (unpaired) electrons. The summed E-state index contributed by atoms with van der Waals surface area (Å²) in [4.78, 5) is 26.5. The number of anilines is 2. The van der Waals surface area contributed by atoms with Crippen LogP contribution >= 0.6 is 11.6 Å². The van der Waals surface area contributed by atoms with Crippen molar-refractivity contribution in [2.75, 3.05) is 11.4 Å². The lowest BCUT2D eigenvalue weighted by Gasteiger charge is -2.18. The van der Waals surface area contributed by atoms with Crippen molar-refractivity contribution < 1.29 is 8.78 Å². The van der Waals surface area contributed by atoms with Crippen molar-refractivity contribution in [1.29, 1.82) is 0 Å². The standard InChI is InChI=1S/C18H13ClF2N4O2/c19-14-2-1-3-15(21)13(14)10-25-17(27)16(26)24-9-8-23(18(24)22-25)12-6-4-11(20)5-7-12/h1-7H,8-10H2. The second-order valence-electron chi connectivity index (χ2n) is 6.05. The van der Waals surface area contributed by atoms with Gasteiger partial charge in [0.25, 0.3) is 0 Å². The Bertz CT molecular complexity index is 1120. The first-order valence-corrected chi connectivity index (χ1v) is 8.51. The maximum Gasteiger partial charge on any atom is 0.333 e. The van der Waals surface area contributed by atoms with E-state index >= 15 is 0 Å². The summed E-state index contributed by atoms with van der Waals surface area (Å²) in [7, 11) is 0. The smallest absolute Gasteiger partial charge is 0.309 e. The van der Waals surface area contributed by atoms with Crippen molar-refractivity contribution >= 4 is 23.2 Å². The number of rotatable bonds is 3. The molecule has 0 amide bonds. The fraction of sp³-hybridized carbons (Fsp3) is 0.167. The minimum absolute atomic E-state index is 0.0736. The molecule has 0 N–H and O–H groups in total. The highest BCUT2D eigenvalue weighted by atomic mass is 35.5. The predicted molar refractivity (Wildman–Crippen MR) is 96.7 cm³/mol. The van der Waals surface area contributed by atoms with Gasteiger partial charge >= 0.3 is 11.1 Å². The van der Waals surface area contributed by atoms with E-state index in [-0.39, 0.29) is 35.4 Å². The number of hydrogen-bond donors (Lipinski definition) is 0. The van der Waals surface area contributed by atoms with Crippen LogP contribution in [0.1, 0.15) is 5.56 Å². The maximum atomic E-state index is 14.1. The summed E-state index contributed by atoms with van der Waals surface area (Å²) < 4.78 is 29.4. The van der Waals surface area contributed by atoms with Gasteiger partial charge in [-0.15, -0.1) is 5.10 Å². The Morgan fingerprint density at radius 2 is 1.74 bits per heavy atom. The molecule has 1 aliphatic rings. The van der Waals surface area contributed by atoms with Gasteiger partial charge in [-0.3, -0.25) is 14.2 Å². The van der Waals surface area contributed by atoms with E-state index in [9.17, 15) is 18.4 Å². The van der Waals surface area contributed by atoms with Gasteiger partial charge in [-0.2, -0.15) is 0 Å². The quantitative estimate of drug-likeness (QED) is 0.645. The van der Waals surface area contributed by atoms with Gasteiger partial charge in [0.2, 0.25) is 5.95 Å². The van der Waals surface area contributed by atoms with Crippen LogP contribution in [0.3, 0.4) is 0 Å². The number of benzene rings is 2. The summed E-state index contributed by atoms with van der Waals surface area (Å²) in [5.74, 6) is -0.742. The number of fused-ring (bicyclic) bond motifs is 1. The Labute approximate surface area is 156 Å². The summed E-state index contributed by atoms with van der Waals surface area (Å²) in [6.45, 7) is 0.400. The van der Waals surface area contributed by atoms with Gasteiger partial charge in [0.05, 0.1) is 6.54 Å². The van der Waals surface area contributed by atoms with E-state index in [0.717, 1.165) is 4.68 Å². The maximum absolute atomic E-state index is 14.1. The zero-order chi connectivity index (χ0) is 19.1. The minimum Gasteiger partial charge on any atom is -0.309 e. The monoisotopic (exact) mass is 390 g/mol. The topological polar surface area (TPSA) is 60.1 Å².